The summed E-state index contributed by atoms with van der Waals surface area (Å²) < 4.78 is 0. The summed E-state index contributed by atoms with van der Waals surface area (Å²) in [5.74, 6) is -0.319. The molecule has 1 rings (SSSR count). The average molecular weight is 256 g/mol. The second kappa shape index (κ2) is 5.59. The Bertz CT molecular complexity index is 315. The van der Waals surface area contributed by atoms with Crippen molar-refractivity contribution in [3.8, 4) is 0 Å². The molecule has 0 atom stereocenters. The molecule has 1 N–H and O–H groups in total. The van der Waals surface area contributed by atoms with E-state index in [2.05, 4.69) is 6.92 Å². The van der Waals surface area contributed by atoms with Crippen LogP contribution in [0, 0.1) is 5.92 Å². The quantitative estimate of drug-likeness (QED) is 0.822. The number of likely N-dealkylation sites (tertiary alicyclic amines) is 1. The number of amides is 2. The minimum atomic E-state index is -0.969. The molecule has 5 heteroatoms. The molecule has 0 aromatic carbocycles. The van der Waals surface area contributed by atoms with Crippen LogP contribution in [0.15, 0.2) is 0 Å². The van der Waals surface area contributed by atoms with Gasteiger partial charge in [-0.2, -0.15) is 0 Å². The maximum atomic E-state index is 12.4. The fourth-order valence-electron chi connectivity index (χ4n) is 2.10. The van der Waals surface area contributed by atoms with Crippen LogP contribution in [0.1, 0.15) is 40.5 Å². The van der Waals surface area contributed by atoms with E-state index in [0.29, 0.717) is 5.92 Å². The van der Waals surface area contributed by atoms with E-state index in [1.54, 1.807) is 4.90 Å². The number of carbonyl (C=O) groups excluding carboxylic acids is 1. The molecule has 0 aromatic rings. The summed E-state index contributed by atoms with van der Waals surface area (Å²) in [6, 6.07) is -0.156. The Morgan fingerprint density at radius 1 is 1.28 bits per heavy atom. The molecule has 1 heterocycles. The topological polar surface area (TPSA) is 60.9 Å². The van der Waals surface area contributed by atoms with Crippen molar-refractivity contribution in [2.75, 3.05) is 19.6 Å². The minimum Gasteiger partial charge on any atom is -0.480 e. The molecule has 2 amide bonds. The normalized spacial score (nSPS) is 17.7. The molecule has 0 radical (unpaired) electrons. The van der Waals surface area contributed by atoms with Crippen LogP contribution in [0.3, 0.4) is 0 Å². The van der Waals surface area contributed by atoms with Crippen LogP contribution in [0.4, 0.5) is 4.79 Å². The zero-order chi connectivity index (χ0) is 13.9. The molecule has 1 aliphatic heterocycles. The van der Waals surface area contributed by atoms with Gasteiger partial charge in [0.15, 0.2) is 0 Å². The smallest absolute Gasteiger partial charge is 0.323 e. The van der Waals surface area contributed by atoms with E-state index in [-0.39, 0.29) is 12.6 Å². The van der Waals surface area contributed by atoms with Gasteiger partial charge in [0, 0.05) is 18.6 Å². The Morgan fingerprint density at radius 2 is 1.78 bits per heavy atom. The van der Waals surface area contributed by atoms with E-state index in [1.165, 1.54) is 4.90 Å². The second-order valence-corrected chi connectivity index (χ2v) is 6.10. The van der Waals surface area contributed by atoms with Crippen molar-refractivity contribution in [3.63, 3.8) is 0 Å². The Balaban J connectivity index is 2.73. The number of carbonyl (C=O) groups is 2. The molecule has 5 nitrogen and oxygen atoms in total. The van der Waals surface area contributed by atoms with Crippen LogP contribution < -0.4 is 0 Å². The molecule has 1 aliphatic rings. The lowest BCUT2D eigenvalue weighted by atomic mass is 9.99. The van der Waals surface area contributed by atoms with Crippen molar-refractivity contribution < 1.29 is 14.7 Å². The first-order valence-corrected chi connectivity index (χ1v) is 6.50. The minimum absolute atomic E-state index is 0.156. The SMILES string of the molecule is CC1CCN(C(=O)N(CC(=O)O)C(C)(C)C)CC1. The first-order chi connectivity index (χ1) is 8.21. The average Bonchev–Trinajstić information content (AvgIpc) is 2.24. The van der Waals surface area contributed by atoms with Crippen molar-refractivity contribution in [1.29, 1.82) is 0 Å². The number of aliphatic carboxylic acids is 1. The van der Waals surface area contributed by atoms with E-state index in [1.807, 2.05) is 20.8 Å². The molecule has 0 aliphatic carbocycles. The summed E-state index contributed by atoms with van der Waals surface area (Å²) in [6.07, 6.45) is 1.99. The Hall–Kier alpha value is -1.26. The Kier molecular flexibility index (Phi) is 4.59. The zero-order valence-corrected chi connectivity index (χ0v) is 11.8. The van der Waals surface area contributed by atoms with Gasteiger partial charge in [0.1, 0.15) is 6.54 Å². The van der Waals surface area contributed by atoms with Gasteiger partial charge in [0.05, 0.1) is 0 Å². The summed E-state index contributed by atoms with van der Waals surface area (Å²) >= 11 is 0. The molecular weight excluding hydrogens is 232 g/mol. The summed E-state index contributed by atoms with van der Waals surface area (Å²) in [5.41, 5.74) is -0.474. The van der Waals surface area contributed by atoms with Crippen molar-refractivity contribution in [1.82, 2.24) is 9.80 Å². The van der Waals surface area contributed by atoms with Crippen LogP contribution in [-0.4, -0.2) is 52.1 Å². The lowest BCUT2D eigenvalue weighted by Gasteiger charge is -2.40. The van der Waals surface area contributed by atoms with Gasteiger partial charge in [0.25, 0.3) is 0 Å². The predicted molar refractivity (Wildman–Crippen MR) is 69.5 cm³/mol. The summed E-state index contributed by atoms with van der Waals surface area (Å²) in [5, 5.41) is 8.92. The second-order valence-electron chi connectivity index (χ2n) is 6.10. The fourth-order valence-corrected chi connectivity index (χ4v) is 2.10. The highest BCUT2D eigenvalue weighted by molar-refractivity contribution is 5.81. The van der Waals surface area contributed by atoms with E-state index in [4.69, 9.17) is 5.11 Å². The van der Waals surface area contributed by atoms with E-state index in [0.717, 1.165) is 25.9 Å². The number of carboxylic acid groups (broad SMARTS) is 1. The van der Waals surface area contributed by atoms with E-state index >= 15 is 0 Å². The summed E-state index contributed by atoms with van der Waals surface area (Å²) in [7, 11) is 0. The highest BCUT2D eigenvalue weighted by Gasteiger charge is 2.32. The number of piperidine rings is 1. The van der Waals surface area contributed by atoms with Gasteiger partial charge in [-0.15, -0.1) is 0 Å². The third kappa shape index (κ3) is 3.89. The molecule has 1 fully saturated rings. The summed E-state index contributed by atoms with van der Waals surface area (Å²) in [6.45, 7) is 8.98. The molecule has 104 valence electrons. The molecule has 1 saturated heterocycles. The van der Waals surface area contributed by atoms with Gasteiger partial charge in [-0.25, -0.2) is 4.79 Å². The molecule has 0 bridgehead atoms. The Labute approximate surface area is 109 Å². The van der Waals surface area contributed by atoms with Crippen LogP contribution in [0.2, 0.25) is 0 Å². The summed E-state index contributed by atoms with van der Waals surface area (Å²) in [4.78, 5) is 26.5. The van der Waals surface area contributed by atoms with Crippen LogP contribution in [0.25, 0.3) is 0 Å². The van der Waals surface area contributed by atoms with Gasteiger partial charge >= 0.3 is 12.0 Å². The molecule has 0 saturated carbocycles. The lowest BCUT2D eigenvalue weighted by molar-refractivity contribution is -0.138. The van der Waals surface area contributed by atoms with Gasteiger partial charge in [-0.3, -0.25) is 4.79 Å². The number of hydrogen-bond donors (Lipinski definition) is 1. The van der Waals surface area contributed by atoms with Gasteiger partial charge in [-0.05, 0) is 39.5 Å². The van der Waals surface area contributed by atoms with E-state index in [9.17, 15) is 9.59 Å². The predicted octanol–water partition coefficient (Wildman–Crippen LogP) is 2.02. The fraction of sp³-hybridized carbons (Fsp3) is 0.846. The molecule has 0 unspecified atom stereocenters. The number of hydrogen-bond acceptors (Lipinski definition) is 2. The number of carboxylic acids is 1. The van der Waals surface area contributed by atoms with Crippen molar-refractivity contribution in [2.24, 2.45) is 5.92 Å². The van der Waals surface area contributed by atoms with E-state index < -0.39 is 11.5 Å². The molecule has 0 spiro atoms. The third-order valence-electron chi connectivity index (χ3n) is 3.39. The largest absolute Gasteiger partial charge is 0.480 e. The van der Waals surface area contributed by atoms with Gasteiger partial charge in [-0.1, -0.05) is 6.92 Å². The zero-order valence-electron chi connectivity index (χ0n) is 11.8. The van der Waals surface area contributed by atoms with Gasteiger partial charge < -0.3 is 14.9 Å². The van der Waals surface area contributed by atoms with Crippen molar-refractivity contribution >= 4 is 12.0 Å². The maximum Gasteiger partial charge on any atom is 0.323 e. The van der Waals surface area contributed by atoms with Crippen LogP contribution >= 0.6 is 0 Å². The highest BCUT2D eigenvalue weighted by Crippen LogP contribution is 2.21. The molecular formula is C13H24N2O3. The first-order valence-electron chi connectivity index (χ1n) is 6.50. The number of urea groups is 1. The third-order valence-corrected chi connectivity index (χ3v) is 3.39. The maximum absolute atomic E-state index is 12.4. The number of nitrogens with zero attached hydrogens (tertiary/aromatic N) is 2. The van der Waals surface area contributed by atoms with Gasteiger partial charge in [0.2, 0.25) is 0 Å². The number of rotatable bonds is 2. The van der Waals surface area contributed by atoms with Crippen LogP contribution in [-0.2, 0) is 4.79 Å². The van der Waals surface area contributed by atoms with Crippen LogP contribution in [0.5, 0.6) is 0 Å². The first kappa shape index (κ1) is 14.8. The van der Waals surface area contributed by atoms with Crippen molar-refractivity contribution in [2.45, 2.75) is 46.1 Å². The highest BCUT2D eigenvalue weighted by atomic mass is 16.4. The molecule has 18 heavy (non-hydrogen) atoms. The molecule has 0 aromatic heterocycles. The Morgan fingerprint density at radius 3 is 2.17 bits per heavy atom. The lowest BCUT2D eigenvalue weighted by Crippen LogP contribution is -2.55. The monoisotopic (exact) mass is 256 g/mol. The standard InChI is InChI=1S/C13H24N2O3/c1-10-5-7-14(8-6-10)12(18)15(9-11(16)17)13(2,3)4/h10H,5-9H2,1-4H3,(H,16,17). The van der Waals surface area contributed by atoms with Crippen molar-refractivity contribution in [3.05, 3.63) is 0 Å².